The molecule has 1 heterocycles. The average Bonchev–Trinajstić information content (AvgIpc) is 2.98. The summed E-state index contributed by atoms with van der Waals surface area (Å²) in [5, 5.41) is 0. The number of H-pyrrole nitrogens is 1. The van der Waals surface area contributed by atoms with Gasteiger partial charge in [0.25, 0.3) is 5.91 Å². The molecule has 0 saturated heterocycles. The first-order valence-electron chi connectivity index (χ1n) is 8.32. The average molecular weight is 362 g/mol. The number of carbonyl (C=O) groups is 2. The highest BCUT2D eigenvalue weighted by Gasteiger charge is 2.25. The van der Waals surface area contributed by atoms with Gasteiger partial charge in [-0.25, -0.2) is 9.18 Å². The Balaban J connectivity index is 2.04. The van der Waals surface area contributed by atoms with Crippen LogP contribution in [0.5, 0.6) is 5.75 Å². The van der Waals surface area contributed by atoms with E-state index in [4.69, 9.17) is 9.47 Å². The number of nitrogens with zero attached hydrogens (tertiary/aromatic N) is 1. The van der Waals surface area contributed by atoms with Gasteiger partial charge in [0.1, 0.15) is 23.9 Å². The van der Waals surface area contributed by atoms with E-state index in [0.717, 1.165) is 0 Å². The number of hydrogen-bond donors (Lipinski definition) is 1. The van der Waals surface area contributed by atoms with Crippen molar-refractivity contribution in [1.82, 2.24) is 9.88 Å². The Morgan fingerprint density at radius 1 is 1.23 bits per heavy atom. The van der Waals surface area contributed by atoms with Gasteiger partial charge in [-0.3, -0.25) is 4.79 Å². The number of methoxy groups -OCH3 is 1. The summed E-state index contributed by atoms with van der Waals surface area (Å²) in [6.07, 6.45) is 0.579. The first-order valence-corrected chi connectivity index (χ1v) is 8.32. The molecule has 140 valence electrons. The van der Waals surface area contributed by atoms with Crippen LogP contribution in [0.1, 0.15) is 39.0 Å². The highest BCUT2D eigenvalue weighted by Crippen LogP contribution is 2.21. The number of halogens is 1. The lowest BCUT2D eigenvalue weighted by Gasteiger charge is -2.17. The van der Waals surface area contributed by atoms with Gasteiger partial charge in [0.15, 0.2) is 0 Å². The number of rotatable bonds is 7. The number of amides is 1. The monoisotopic (exact) mass is 362 g/mol. The van der Waals surface area contributed by atoms with Crippen LogP contribution < -0.4 is 4.74 Å². The van der Waals surface area contributed by atoms with Crippen LogP contribution in [0.25, 0.3) is 0 Å². The Morgan fingerprint density at radius 2 is 1.88 bits per heavy atom. The summed E-state index contributed by atoms with van der Waals surface area (Å²) < 4.78 is 23.2. The molecule has 1 amide bonds. The smallest absolute Gasteiger partial charge is 0.339 e. The number of aryl methyl sites for hydroxylation is 1. The molecule has 0 atom stereocenters. The van der Waals surface area contributed by atoms with Gasteiger partial charge in [0.05, 0.1) is 19.2 Å². The van der Waals surface area contributed by atoms with Crippen molar-refractivity contribution in [3.8, 4) is 5.75 Å². The van der Waals surface area contributed by atoms with Crippen molar-refractivity contribution >= 4 is 11.9 Å². The van der Waals surface area contributed by atoms with Crippen molar-refractivity contribution in [2.75, 3.05) is 27.3 Å². The first kappa shape index (κ1) is 19.5. The van der Waals surface area contributed by atoms with Crippen LogP contribution in [0, 0.1) is 12.7 Å². The minimum Gasteiger partial charge on any atom is -0.492 e. The number of benzene rings is 1. The summed E-state index contributed by atoms with van der Waals surface area (Å²) in [5.41, 5.74) is 2.03. The number of aromatic amines is 1. The van der Waals surface area contributed by atoms with Gasteiger partial charge in [-0.1, -0.05) is 6.92 Å². The SMILES string of the molecule is CCc1[nH]c(C(=O)N(C)CCOc2ccc(F)cc2)c(C)c1C(=O)OC. The summed E-state index contributed by atoms with van der Waals surface area (Å²) in [5.74, 6) is -0.503. The van der Waals surface area contributed by atoms with Gasteiger partial charge in [-0.2, -0.15) is 0 Å². The maximum Gasteiger partial charge on any atom is 0.339 e. The molecule has 2 aromatic rings. The predicted octanol–water partition coefficient (Wildman–Crippen LogP) is 2.96. The largest absolute Gasteiger partial charge is 0.492 e. The molecule has 0 fully saturated rings. The molecule has 6 nitrogen and oxygen atoms in total. The van der Waals surface area contributed by atoms with E-state index in [1.807, 2.05) is 6.92 Å². The first-order chi connectivity index (χ1) is 12.4. The molecule has 0 aliphatic carbocycles. The normalized spacial score (nSPS) is 10.5. The van der Waals surface area contributed by atoms with Gasteiger partial charge < -0.3 is 19.4 Å². The van der Waals surface area contributed by atoms with Crippen molar-refractivity contribution in [1.29, 1.82) is 0 Å². The summed E-state index contributed by atoms with van der Waals surface area (Å²) in [6, 6.07) is 5.69. The molecule has 1 aromatic carbocycles. The zero-order valence-electron chi connectivity index (χ0n) is 15.4. The number of likely N-dealkylation sites (N-methyl/N-ethyl adjacent to an activating group) is 1. The Bertz CT molecular complexity index is 784. The Hall–Kier alpha value is -2.83. The zero-order valence-corrected chi connectivity index (χ0v) is 15.4. The third-order valence-corrected chi connectivity index (χ3v) is 4.14. The molecule has 0 aliphatic rings. The van der Waals surface area contributed by atoms with Crippen molar-refractivity contribution in [2.24, 2.45) is 0 Å². The predicted molar refractivity (Wildman–Crippen MR) is 95.1 cm³/mol. The molecule has 0 aliphatic heterocycles. The fourth-order valence-corrected chi connectivity index (χ4v) is 2.64. The number of aromatic nitrogens is 1. The van der Waals surface area contributed by atoms with Gasteiger partial charge in [-0.15, -0.1) is 0 Å². The van der Waals surface area contributed by atoms with Crippen LogP contribution in [-0.2, 0) is 11.2 Å². The van der Waals surface area contributed by atoms with E-state index in [1.165, 1.54) is 36.3 Å². The summed E-state index contributed by atoms with van der Waals surface area (Å²) in [7, 11) is 2.97. The quantitative estimate of drug-likeness (QED) is 0.769. The highest BCUT2D eigenvalue weighted by molar-refractivity contribution is 6.00. The summed E-state index contributed by atoms with van der Waals surface area (Å²) >= 11 is 0. The maximum absolute atomic E-state index is 12.9. The zero-order chi connectivity index (χ0) is 19.3. The van der Waals surface area contributed by atoms with Crippen LogP contribution >= 0.6 is 0 Å². The molecule has 0 bridgehead atoms. The molecule has 1 aromatic heterocycles. The molecule has 7 heteroatoms. The fraction of sp³-hybridized carbons (Fsp3) is 0.368. The number of hydrogen-bond acceptors (Lipinski definition) is 4. The van der Waals surface area contributed by atoms with E-state index in [9.17, 15) is 14.0 Å². The third kappa shape index (κ3) is 4.22. The van der Waals surface area contributed by atoms with Crippen molar-refractivity contribution < 1.29 is 23.5 Å². The van der Waals surface area contributed by atoms with E-state index >= 15 is 0 Å². The Kier molecular flexibility index (Phi) is 6.38. The van der Waals surface area contributed by atoms with Gasteiger partial charge in [0, 0.05) is 12.7 Å². The van der Waals surface area contributed by atoms with E-state index in [1.54, 1.807) is 14.0 Å². The van der Waals surface area contributed by atoms with Gasteiger partial charge in [0.2, 0.25) is 0 Å². The molecular formula is C19H23FN2O4. The molecule has 26 heavy (non-hydrogen) atoms. The molecule has 0 radical (unpaired) electrons. The Morgan fingerprint density at radius 3 is 2.46 bits per heavy atom. The van der Waals surface area contributed by atoms with E-state index < -0.39 is 5.97 Å². The maximum atomic E-state index is 12.9. The summed E-state index contributed by atoms with van der Waals surface area (Å²) in [6.45, 7) is 4.21. The number of ether oxygens (including phenoxy) is 2. The molecule has 0 spiro atoms. The molecule has 2 rings (SSSR count). The van der Waals surface area contributed by atoms with Crippen LogP contribution in [0.15, 0.2) is 24.3 Å². The molecule has 0 saturated carbocycles. The third-order valence-electron chi connectivity index (χ3n) is 4.14. The lowest BCUT2D eigenvalue weighted by molar-refractivity contribution is 0.0599. The Labute approximate surface area is 151 Å². The van der Waals surface area contributed by atoms with Crippen molar-refractivity contribution in [2.45, 2.75) is 20.3 Å². The molecular weight excluding hydrogens is 339 g/mol. The van der Waals surface area contributed by atoms with Crippen molar-refractivity contribution in [3.63, 3.8) is 0 Å². The van der Waals surface area contributed by atoms with Crippen LogP contribution in [0.4, 0.5) is 4.39 Å². The lowest BCUT2D eigenvalue weighted by atomic mass is 10.1. The summed E-state index contributed by atoms with van der Waals surface area (Å²) in [4.78, 5) is 29.2. The fourth-order valence-electron chi connectivity index (χ4n) is 2.64. The van der Waals surface area contributed by atoms with E-state index in [-0.39, 0.29) is 18.3 Å². The number of carbonyl (C=O) groups excluding carboxylic acids is 2. The number of esters is 1. The highest BCUT2D eigenvalue weighted by atomic mass is 19.1. The van der Waals surface area contributed by atoms with Gasteiger partial charge >= 0.3 is 5.97 Å². The van der Waals surface area contributed by atoms with Crippen LogP contribution in [0.3, 0.4) is 0 Å². The second-order valence-corrected chi connectivity index (χ2v) is 5.85. The number of nitrogens with one attached hydrogen (secondary N) is 1. The van der Waals surface area contributed by atoms with Crippen LogP contribution in [-0.4, -0.2) is 49.1 Å². The minimum atomic E-state index is -0.461. The standard InChI is InChI=1S/C19H23FN2O4/c1-5-15-16(19(24)25-4)12(2)17(21-15)18(23)22(3)10-11-26-14-8-6-13(20)7-9-14/h6-9,21H,5,10-11H2,1-4H3. The topological polar surface area (TPSA) is 71.6 Å². The molecule has 0 unspecified atom stereocenters. The minimum absolute atomic E-state index is 0.241. The van der Waals surface area contributed by atoms with Crippen molar-refractivity contribution in [3.05, 3.63) is 52.6 Å². The van der Waals surface area contributed by atoms with E-state index in [2.05, 4.69) is 4.98 Å². The van der Waals surface area contributed by atoms with E-state index in [0.29, 0.717) is 41.2 Å². The molecule has 1 N–H and O–H groups in total. The second kappa shape index (κ2) is 8.51. The lowest BCUT2D eigenvalue weighted by Crippen LogP contribution is -2.31. The second-order valence-electron chi connectivity index (χ2n) is 5.85. The van der Waals surface area contributed by atoms with Gasteiger partial charge in [-0.05, 0) is 43.2 Å². The van der Waals surface area contributed by atoms with Crippen LogP contribution in [0.2, 0.25) is 0 Å².